The summed E-state index contributed by atoms with van der Waals surface area (Å²) in [6, 6.07) is 7.67. The number of furan rings is 1. The number of hydrogen-bond acceptors (Lipinski definition) is 4. The Bertz CT molecular complexity index is 770. The summed E-state index contributed by atoms with van der Waals surface area (Å²) < 4.78 is 24.7. The molecule has 1 N–H and O–H groups in total. The van der Waals surface area contributed by atoms with E-state index in [4.69, 9.17) is 9.15 Å². The number of rotatable bonds is 4. The van der Waals surface area contributed by atoms with Crippen LogP contribution >= 0.6 is 0 Å². The molecule has 1 saturated heterocycles. The van der Waals surface area contributed by atoms with Crippen molar-refractivity contribution in [2.75, 3.05) is 26.3 Å². The van der Waals surface area contributed by atoms with Crippen molar-refractivity contribution in [3.05, 3.63) is 59.3 Å². The van der Waals surface area contributed by atoms with Crippen LogP contribution in [0.25, 0.3) is 0 Å². The van der Waals surface area contributed by atoms with E-state index < -0.39 is 6.04 Å². The average Bonchev–Trinajstić information content (AvgIpc) is 3.13. The van der Waals surface area contributed by atoms with Crippen molar-refractivity contribution in [2.24, 2.45) is 0 Å². The van der Waals surface area contributed by atoms with Crippen LogP contribution in [0.5, 0.6) is 0 Å². The number of fused-ring (bicyclic) bond motifs is 1. The first kappa shape index (κ1) is 17.2. The third kappa shape index (κ3) is 3.52. The van der Waals surface area contributed by atoms with Crippen LogP contribution in [-0.4, -0.2) is 37.1 Å². The number of aryl methyl sites for hydroxylation is 1. The van der Waals surface area contributed by atoms with Crippen LogP contribution in [0.15, 0.2) is 41.0 Å². The Morgan fingerprint density at radius 2 is 2.12 bits per heavy atom. The van der Waals surface area contributed by atoms with Gasteiger partial charge in [-0.15, -0.1) is 0 Å². The number of morpholine rings is 1. The van der Waals surface area contributed by atoms with Crippen LogP contribution in [0.2, 0.25) is 0 Å². The molecule has 0 bridgehead atoms. The molecule has 2 aliphatic rings. The van der Waals surface area contributed by atoms with Gasteiger partial charge >= 0.3 is 0 Å². The molecule has 2 atom stereocenters. The standard InChI is InChI=1S/C20H23FN2O3/c21-15-4-1-3-14(13-15)19(23-8-11-25-12-9-23)20(24)22-17-5-2-6-18-16(17)7-10-26-18/h1,3-4,7,10,13,17,19H,2,5-6,8-9,11-12H2,(H,22,24). The van der Waals surface area contributed by atoms with Gasteiger partial charge in [0.25, 0.3) is 0 Å². The zero-order chi connectivity index (χ0) is 17.9. The fourth-order valence-electron chi connectivity index (χ4n) is 3.93. The molecule has 0 saturated carbocycles. The first-order chi connectivity index (χ1) is 12.7. The highest BCUT2D eigenvalue weighted by Gasteiger charge is 2.32. The van der Waals surface area contributed by atoms with Gasteiger partial charge in [-0.25, -0.2) is 4.39 Å². The molecule has 2 unspecified atom stereocenters. The van der Waals surface area contributed by atoms with Crippen molar-refractivity contribution in [2.45, 2.75) is 31.3 Å². The zero-order valence-electron chi connectivity index (χ0n) is 14.6. The largest absolute Gasteiger partial charge is 0.469 e. The highest BCUT2D eigenvalue weighted by Crippen LogP contribution is 2.32. The molecule has 1 fully saturated rings. The Balaban J connectivity index is 1.58. The molecule has 138 valence electrons. The van der Waals surface area contributed by atoms with Crippen molar-refractivity contribution < 1.29 is 18.3 Å². The highest BCUT2D eigenvalue weighted by molar-refractivity contribution is 5.83. The predicted octanol–water partition coefficient (Wildman–Crippen LogP) is 2.99. The number of nitrogens with zero attached hydrogens (tertiary/aromatic N) is 1. The lowest BCUT2D eigenvalue weighted by Crippen LogP contribution is -2.46. The van der Waals surface area contributed by atoms with Gasteiger partial charge < -0.3 is 14.5 Å². The topological polar surface area (TPSA) is 54.7 Å². The predicted molar refractivity (Wildman–Crippen MR) is 94.1 cm³/mol. The van der Waals surface area contributed by atoms with Gasteiger partial charge in [-0.05, 0) is 36.6 Å². The molecule has 1 amide bonds. The minimum Gasteiger partial charge on any atom is -0.469 e. The summed E-state index contributed by atoms with van der Waals surface area (Å²) >= 11 is 0. The van der Waals surface area contributed by atoms with E-state index in [-0.39, 0.29) is 17.8 Å². The number of ether oxygens (including phenoxy) is 1. The summed E-state index contributed by atoms with van der Waals surface area (Å²) in [5.41, 5.74) is 1.73. The second-order valence-corrected chi connectivity index (χ2v) is 6.86. The van der Waals surface area contributed by atoms with E-state index in [1.54, 1.807) is 12.3 Å². The van der Waals surface area contributed by atoms with E-state index in [1.807, 2.05) is 12.1 Å². The van der Waals surface area contributed by atoms with Gasteiger partial charge in [0.05, 0.1) is 25.5 Å². The maximum absolute atomic E-state index is 13.8. The Hall–Kier alpha value is -2.18. The van der Waals surface area contributed by atoms with Crippen molar-refractivity contribution in [3.63, 3.8) is 0 Å². The summed E-state index contributed by atoms with van der Waals surface area (Å²) in [6.07, 6.45) is 4.46. The van der Waals surface area contributed by atoms with E-state index in [1.165, 1.54) is 12.1 Å². The number of carbonyl (C=O) groups excluding carboxylic acids is 1. The minimum absolute atomic E-state index is 0.0536. The summed E-state index contributed by atoms with van der Waals surface area (Å²) in [4.78, 5) is 15.3. The Morgan fingerprint density at radius 1 is 1.27 bits per heavy atom. The molecule has 5 nitrogen and oxygen atoms in total. The molecule has 1 aromatic heterocycles. The molecule has 1 aromatic carbocycles. The Labute approximate surface area is 152 Å². The van der Waals surface area contributed by atoms with Gasteiger partial charge in [-0.2, -0.15) is 0 Å². The minimum atomic E-state index is -0.521. The normalized spacial score (nSPS) is 21.8. The van der Waals surface area contributed by atoms with Crippen molar-refractivity contribution in [1.29, 1.82) is 0 Å². The fourth-order valence-corrected chi connectivity index (χ4v) is 3.93. The molecule has 1 aliphatic carbocycles. The SMILES string of the molecule is O=C(NC1CCCc2occc21)C(c1cccc(F)c1)N1CCOCC1. The van der Waals surface area contributed by atoms with Crippen molar-refractivity contribution in [1.82, 2.24) is 10.2 Å². The van der Waals surface area contributed by atoms with Gasteiger partial charge in [-0.1, -0.05) is 12.1 Å². The number of carbonyl (C=O) groups is 1. The van der Waals surface area contributed by atoms with E-state index in [0.717, 1.165) is 30.6 Å². The molecule has 0 radical (unpaired) electrons. The van der Waals surface area contributed by atoms with Gasteiger partial charge in [0.15, 0.2) is 0 Å². The zero-order valence-corrected chi connectivity index (χ0v) is 14.6. The monoisotopic (exact) mass is 358 g/mol. The average molecular weight is 358 g/mol. The van der Waals surface area contributed by atoms with Crippen LogP contribution in [0.3, 0.4) is 0 Å². The van der Waals surface area contributed by atoms with Crippen LogP contribution < -0.4 is 5.32 Å². The van der Waals surface area contributed by atoms with Crippen LogP contribution in [-0.2, 0) is 16.0 Å². The number of hydrogen-bond donors (Lipinski definition) is 1. The summed E-state index contributed by atoms with van der Waals surface area (Å²) in [7, 11) is 0. The van der Waals surface area contributed by atoms with Crippen LogP contribution in [0.1, 0.15) is 41.8 Å². The molecular formula is C20H23FN2O3. The number of amides is 1. The van der Waals surface area contributed by atoms with E-state index in [9.17, 15) is 9.18 Å². The molecule has 2 heterocycles. The Kier molecular flexibility index (Phi) is 5.04. The molecule has 1 aliphatic heterocycles. The molecule has 2 aromatic rings. The molecule has 6 heteroatoms. The molecule has 4 rings (SSSR count). The number of halogens is 1. The lowest BCUT2D eigenvalue weighted by Gasteiger charge is -2.35. The summed E-state index contributed by atoms with van der Waals surface area (Å²) in [5.74, 6) is 0.523. The summed E-state index contributed by atoms with van der Waals surface area (Å²) in [6.45, 7) is 2.45. The summed E-state index contributed by atoms with van der Waals surface area (Å²) in [5, 5.41) is 3.17. The number of benzene rings is 1. The van der Waals surface area contributed by atoms with Gasteiger partial charge in [-0.3, -0.25) is 9.69 Å². The third-order valence-electron chi connectivity index (χ3n) is 5.19. The van der Waals surface area contributed by atoms with E-state index >= 15 is 0 Å². The van der Waals surface area contributed by atoms with Crippen molar-refractivity contribution in [3.8, 4) is 0 Å². The van der Waals surface area contributed by atoms with Crippen LogP contribution in [0.4, 0.5) is 4.39 Å². The maximum Gasteiger partial charge on any atom is 0.242 e. The lowest BCUT2D eigenvalue weighted by molar-refractivity contribution is -0.129. The maximum atomic E-state index is 13.8. The van der Waals surface area contributed by atoms with Gasteiger partial charge in [0.2, 0.25) is 5.91 Å². The van der Waals surface area contributed by atoms with E-state index in [0.29, 0.717) is 31.9 Å². The quantitative estimate of drug-likeness (QED) is 0.913. The first-order valence-corrected chi connectivity index (χ1v) is 9.16. The Morgan fingerprint density at radius 3 is 2.92 bits per heavy atom. The first-order valence-electron chi connectivity index (χ1n) is 9.16. The third-order valence-corrected chi connectivity index (χ3v) is 5.19. The smallest absolute Gasteiger partial charge is 0.242 e. The van der Waals surface area contributed by atoms with Crippen molar-refractivity contribution >= 4 is 5.91 Å². The fraction of sp³-hybridized carbons (Fsp3) is 0.450. The second kappa shape index (κ2) is 7.60. The molecule has 26 heavy (non-hydrogen) atoms. The van der Waals surface area contributed by atoms with Crippen LogP contribution in [0, 0.1) is 5.82 Å². The molecule has 0 spiro atoms. The highest BCUT2D eigenvalue weighted by atomic mass is 19.1. The second-order valence-electron chi connectivity index (χ2n) is 6.86. The molecular weight excluding hydrogens is 335 g/mol. The van der Waals surface area contributed by atoms with E-state index in [2.05, 4.69) is 10.2 Å². The lowest BCUT2D eigenvalue weighted by atomic mass is 9.92. The van der Waals surface area contributed by atoms with Gasteiger partial charge in [0.1, 0.15) is 17.6 Å². The number of nitrogens with one attached hydrogen (secondary N) is 1. The van der Waals surface area contributed by atoms with Gasteiger partial charge in [0, 0.05) is 25.1 Å².